The molecular formula is C20H27N5O2. The zero-order valence-electron chi connectivity index (χ0n) is 15.9. The van der Waals surface area contributed by atoms with Gasteiger partial charge in [-0.3, -0.25) is 4.57 Å². The minimum Gasteiger partial charge on any atom is -0.325 e. The Morgan fingerprint density at radius 2 is 1.67 bits per heavy atom. The van der Waals surface area contributed by atoms with Gasteiger partial charge in [-0.1, -0.05) is 30.3 Å². The van der Waals surface area contributed by atoms with Crippen LogP contribution < -0.4 is 5.69 Å². The quantitative estimate of drug-likeness (QED) is 0.832. The monoisotopic (exact) mass is 369 g/mol. The van der Waals surface area contributed by atoms with Crippen molar-refractivity contribution in [2.45, 2.75) is 38.1 Å². The highest BCUT2D eigenvalue weighted by Gasteiger charge is 2.30. The maximum absolute atomic E-state index is 12.6. The Labute approximate surface area is 159 Å². The molecule has 1 aromatic heterocycles. The van der Waals surface area contributed by atoms with Crippen molar-refractivity contribution < 1.29 is 4.79 Å². The largest absolute Gasteiger partial charge is 0.345 e. The highest BCUT2D eigenvalue weighted by Crippen LogP contribution is 2.27. The Morgan fingerprint density at radius 1 is 1.04 bits per heavy atom. The van der Waals surface area contributed by atoms with Gasteiger partial charge >= 0.3 is 11.7 Å². The van der Waals surface area contributed by atoms with Gasteiger partial charge in [-0.25, -0.2) is 14.3 Å². The summed E-state index contributed by atoms with van der Waals surface area (Å²) in [6.45, 7) is 3.77. The molecule has 2 aliphatic rings. The molecule has 0 aliphatic carbocycles. The SMILES string of the molecule is Cn1nc(C2CCN(C(=O)N3CCCC3)CC2)n(Cc2ccccc2)c1=O. The van der Waals surface area contributed by atoms with Gasteiger partial charge in [0.25, 0.3) is 0 Å². The number of likely N-dealkylation sites (tertiary alicyclic amines) is 2. The van der Waals surface area contributed by atoms with Crippen LogP contribution in [0.2, 0.25) is 0 Å². The second-order valence-corrected chi connectivity index (χ2v) is 7.57. The number of hydrogen-bond donors (Lipinski definition) is 0. The molecule has 0 spiro atoms. The number of urea groups is 1. The smallest absolute Gasteiger partial charge is 0.325 e. The van der Waals surface area contributed by atoms with Crippen LogP contribution in [0.25, 0.3) is 0 Å². The predicted molar refractivity (Wildman–Crippen MR) is 103 cm³/mol. The average Bonchev–Trinajstić information content (AvgIpc) is 3.33. The summed E-state index contributed by atoms with van der Waals surface area (Å²) in [4.78, 5) is 29.1. The van der Waals surface area contributed by atoms with Crippen LogP contribution in [-0.2, 0) is 13.6 Å². The van der Waals surface area contributed by atoms with E-state index in [2.05, 4.69) is 5.10 Å². The maximum atomic E-state index is 12.6. The standard InChI is InChI=1S/C20H27N5O2/c1-22-19(26)25(15-16-7-3-2-4-8-16)18(21-22)17-9-13-24(14-10-17)20(27)23-11-5-6-12-23/h2-4,7-8,17H,5-6,9-15H2,1H3. The number of carbonyl (C=O) groups excluding carboxylic acids is 1. The lowest BCUT2D eigenvalue weighted by molar-refractivity contribution is 0.147. The first-order valence-electron chi connectivity index (χ1n) is 9.85. The van der Waals surface area contributed by atoms with E-state index in [4.69, 9.17) is 0 Å². The first-order chi connectivity index (χ1) is 13.1. The Morgan fingerprint density at radius 3 is 2.33 bits per heavy atom. The lowest BCUT2D eigenvalue weighted by Crippen LogP contribution is -2.45. The minimum atomic E-state index is -0.0792. The summed E-state index contributed by atoms with van der Waals surface area (Å²) in [7, 11) is 1.71. The van der Waals surface area contributed by atoms with E-state index in [0.717, 1.165) is 63.3 Å². The fourth-order valence-corrected chi connectivity index (χ4v) is 4.18. The number of nitrogens with zero attached hydrogens (tertiary/aromatic N) is 5. The molecule has 0 radical (unpaired) electrons. The van der Waals surface area contributed by atoms with Gasteiger partial charge in [0.15, 0.2) is 0 Å². The molecule has 2 aliphatic heterocycles. The molecule has 0 bridgehead atoms. The molecule has 7 heteroatoms. The van der Waals surface area contributed by atoms with Crippen molar-refractivity contribution in [2.75, 3.05) is 26.2 Å². The van der Waals surface area contributed by atoms with Gasteiger partial charge in [0.1, 0.15) is 5.82 Å². The third-order valence-corrected chi connectivity index (χ3v) is 5.73. The first-order valence-corrected chi connectivity index (χ1v) is 9.85. The molecule has 7 nitrogen and oxygen atoms in total. The van der Waals surface area contributed by atoms with Crippen molar-refractivity contribution >= 4 is 6.03 Å². The van der Waals surface area contributed by atoms with E-state index in [1.807, 2.05) is 40.1 Å². The Hall–Kier alpha value is -2.57. The van der Waals surface area contributed by atoms with Crippen LogP contribution in [0.4, 0.5) is 4.79 Å². The van der Waals surface area contributed by atoms with Crippen molar-refractivity contribution in [3.8, 4) is 0 Å². The molecule has 27 heavy (non-hydrogen) atoms. The van der Waals surface area contributed by atoms with Crippen LogP contribution in [-0.4, -0.2) is 56.4 Å². The van der Waals surface area contributed by atoms with Crippen LogP contribution in [0.3, 0.4) is 0 Å². The summed E-state index contributed by atoms with van der Waals surface area (Å²) in [6, 6.07) is 10.2. The number of piperidine rings is 1. The summed E-state index contributed by atoms with van der Waals surface area (Å²) in [5.41, 5.74) is 1.01. The lowest BCUT2D eigenvalue weighted by Gasteiger charge is -2.34. The summed E-state index contributed by atoms with van der Waals surface area (Å²) < 4.78 is 3.22. The number of amides is 2. The third kappa shape index (κ3) is 3.63. The minimum absolute atomic E-state index is 0.0792. The number of benzene rings is 1. The van der Waals surface area contributed by atoms with Crippen LogP contribution >= 0.6 is 0 Å². The van der Waals surface area contributed by atoms with Gasteiger partial charge in [0, 0.05) is 39.1 Å². The van der Waals surface area contributed by atoms with Gasteiger partial charge in [-0.2, -0.15) is 5.10 Å². The van der Waals surface area contributed by atoms with E-state index in [1.54, 1.807) is 11.6 Å². The van der Waals surface area contributed by atoms with E-state index in [9.17, 15) is 9.59 Å². The molecule has 2 saturated heterocycles. The molecular weight excluding hydrogens is 342 g/mol. The summed E-state index contributed by atoms with van der Waals surface area (Å²) in [5, 5.41) is 4.53. The van der Waals surface area contributed by atoms with Crippen molar-refractivity contribution in [3.05, 3.63) is 52.2 Å². The zero-order chi connectivity index (χ0) is 18.8. The molecule has 4 rings (SSSR count). The van der Waals surface area contributed by atoms with Crippen molar-refractivity contribution in [2.24, 2.45) is 7.05 Å². The molecule has 0 atom stereocenters. The summed E-state index contributed by atoms with van der Waals surface area (Å²) >= 11 is 0. The van der Waals surface area contributed by atoms with Gasteiger partial charge in [-0.15, -0.1) is 0 Å². The predicted octanol–water partition coefficient (Wildman–Crippen LogP) is 2.03. The topological polar surface area (TPSA) is 63.4 Å². The van der Waals surface area contributed by atoms with Gasteiger partial charge in [0.05, 0.1) is 6.54 Å². The second-order valence-electron chi connectivity index (χ2n) is 7.57. The van der Waals surface area contributed by atoms with E-state index < -0.39 is 0 Å². The van der Waals surface area contributed by atoms with Gasteiger partial charge in [0.2, 0.25) is 0 Å². The number of carbonyl (C=O) groups is 1. The van der Waals surface area contributed by atoms with E-state index in [1.165, 1.54) is 4.68 Å². The zero-order valence-corrected chi connectivity index (χ0v) is 15.9. The maximum Gasteiger partial charge on any atom is 0.345 e. The van der Waals surface area contributed by atoms with E-state index >= 15 is 0 Å². The van der Waals surface area contributed by atoms with Crippen molar-refractivity contribution in [3.63, 3.8) is 0 Å². The number of hydrogen-bond acceptors (Lipinski definition) is 3. The molecule has 0 saturated carbocycles. The fourth-order valence-electron chi connectivity index (χ4n) is 4.18. The molecule has 1 aromatic carbocycles. The average molecular weight is 369 g/mol. The van der Waals surface area contributed by atoms with Crippen LogP contribution in [0.15, 0.2) is 35.1 Å². The first kappa shape index (κ1) is 17.8. The Balaban J connectivity index is 1.47. The Bertz CT molecular complexity index is 843. The molecule has 2 aromatic rings. The molecule has 2 amide bonds. The number of aryl methyl sites for hydroxylation is 1. The van der Waals surface area contributed by atoms with Crippen molar-refractivity contribution in [1.29, 1.82) is 0 Å². The number of aromatic nitrogens is 3. The van der Waals surface area contributed by atoms with E-state index in [-0.39, 0.29) is 17.6 Å². The summed E-state index contributed by atoms with van der Waals surface area (Å²) in [6.07, 6.45) is 3.93. The lowest BCUT2D eigenvalue weighted by atomic mass is 9.96. The van der Waals surface area contributed by atoms with E-state index in [0.29, 0.717) is 6.54 Å². The molecule has 144 valence electrons. The Kier molecular flexibility index (Phi) is 5.01. The molecule has 2 fully saturated rings. The molecule has 3 heterocycles. The van der Waals surface area contributed by atoms with Gasteiger partial charge < -0.3 is 9.80 Å². The van der Waals surface area contributed by atoms with Crippen LogP contribution in [0.1, 0.15) is 43.0 Å². The molecule has 0 unspecified atom stereocenters. The van der Waals surface area contributed by atoms with Gasteiger partial charge in [-0.05, 0) is 31.2 Å². The van der Waals surface area contributed by atoms with Crippen LogP contribution in [0.5, 0.6) is 0 Å². The van der Waals surface area contributed by atoms with Crippen LogP contribution in [0, 0.1) is 0 Å². The highest BCUT2D eigenvalue weighted by atomic mass is 16.2. The fraction of sp³-hybridized carbons (Fsp3) is 0.550. The second kappa shape index (κ2) is 7.58. The normalized spacial score (nSPS) is 18.3. The third-order valence-electron chi connectivity index (χ3n) is 5.73. The molecule has 0 N–H and O–H groups in total. The van der Waals surface area contributed by atoms with Crippen molar-refractivity contribution in [1.82, 2.24) is 24.1 Å². The highest BCUT2D eigenvalue weighted by molar-refractivity contribution is 5.74. The number of rotatable bonds is 3. The summed E-state index contributed by atoms with van der Waals surface area (Å²) in [5.74, 6) is 1.06.